The first-order valence-electron chi connectivity index (χ1n) is 33.4. The van der Waals surface area contributed by atoms with E-state index in [1.54, 1.807) is 0 Å². The van der Waals surface area contributed by atoms with E-state index < -0.39 is 6.10 Å². The minimum absolute atomic E-state index is 0.0960. The summed E-state index contributed by atoms with van der Waals surface area (Å²) in [5.41, 5.74) is 0. The van der Waals surface area contributed by atoms with Crippen molar-refractivity contribution in [3.63, 3.8) is 0 Å². The molecule has 0 rings (SSSR count). The Labute approximate surface area is 478 Å². The monoisotopic (exact) mass is 1070 g/mol. The maximum absolute atomic E-state index is 12.9. The molecule has 446 valence electrons. The maximum atomic E-state index is 12.9. The molecule has 6 heteroatoms. The highest BCUT2D eigenvalue weighted by Crippen LogP contribution is 2.17. The molecule has 0 radical (unpaired) electrons. The van der Waals surface area contributed by atoms with Gasteiger partial charge in [0.2, 0.25) is 0 Å². The summed E-state index contributed by atoms with van der Waals surface area (Å²) < 4.78 is 16.9. The van der Waals surface area contributed by atoms with E-state index in [4.69, 9.17) is 14.2 Å². The van der Waals surface area contributed by atoms with Gasteiger partial charge in [0.25, 0.3) is 0 Å². The van der Waals surface area contributed by atoms with Crippen LogP contribution in [0.1, 0.15) is 342 Å². The molecular weight excluding hydrogens is 949 g/mol. The van der Waals surface area contributed by atoms with Crippen LogP contribution in [0.2, 0.25) is 0 Å². The van der Waals surface area contributed by atoms with Gasteiger partial charge in [-0.25, -0.2) is 0 Å². The molecule has 0 bridgehead atoms. The molecule has 0 saturated carbocycles. The number of hydrogen-bond donors (Lipinski definition) is 0. The first-order chi connectivity index (χ1) is 38.0. The summed E-state index contributed by atoms with van der Waals surface area (Å²) in [4.78, 5) is 38.3. The van der Waals surface area contributed by atoms with Crippen LogP contribution in [0.3, 0.4) is 0 Å². The number of carbonyl (C=O) groups excluding carboxylic acids is 3. The molecule has 1 atom stereocenters. The smallest absolute Gasteiger partial charge is 0.306 e. The van der Waals surface area contributed by atoms with Gasteiger partial charge in [-0.15, -0.1) is 0 Å². The van der Waals surface area contributed by atoms with Crippen LogP contribution in [0.25, 0.3) is 0 Å². The Morgan fingerprint density at radius 3 is 0.870 bits per heavy atom. The van der Waals surface area contributed by atoms with Crippen molar-refractivity contribution in [2.45, 2.75) is 348 Å². The number of unbranched alkanes of at least 4 members (excludes halogenated alkanes) is 38. The molecule has 0 aliphatic rings. The highest BCUT2D eigenvalue weighted by Gasteiger charge is 2.19. The molecule has 0 N–H and O–H groups in total. The average Bonchev–Trinajstić information content (AvgIpc) is 3.43. The second kappa shape index (κ2) is 65.4. The molecule has 0 spiro atoms. The van der Waals surface area contributed by atoms with Gasteiger partial charge in [-0.1, -0.05) is 299 Å². The first-order valence-corrected chi connectivity index (χ1v) is 33.4. The lowest BCUT2D eigenvalue weighted by molar-refractivity contribution is -0.166. The maximum Gasteiger partial charge on any atom is 0.306 e. The molecule has 0 fully saturated rings. The Balaban J connectivity index is 4.32. The second-order valence-electron chi connectivity index (χ2n) is 22.3. The fourth-order valence-corrected chi connectivity index (χ4v) is 9.68. The SMILES string of the molecule is CC/C=C\C/C=C\C/C=C\C/C=C\CCC(=O)OCC(COC(=O)CCCCCCCCCCCCC/C=C\CCCCCCCCCC)OC(=O)CCCCCCCCCCCCC/C=C\CCCCCCCCCC. The zero-order valence-corrected chi connectivity index (χ0v) is 51.2. The Morgan fingerprint density at radius 1 is 0.273 bits per heavy atom. The molecule has 0 amide bonds. The van der Waals surface area contributed by atoms with Crippen molar-refractivity contribution in [3.05, 3.63) is 72.9 Å². The van der Waals surface area contributed by atoms with Gasteiger partial charge in [0.15, 0.2) is 6.10 Å². The van der Waals surface area contributed by atoms with Gasteiger partial charge in [0.05, 0.1) is 0 Å². The molecule has 0 heterocycles. The number of ether oxygens (including phenoxy) is 3. The van der Waals surface area contributed by atoms with Crippen molar-refractivity contribution < 1.29 is 28.6 Å². The zero-order valence-electron chi connectivity index (χ0n) is 51.2. The van der Waals surface area contributed by atoms with Crippen LogP contribution < -0.4 is 0 Å². The third-order valence-corrected chi connectivity index (χ3v) is 14.7. The van der Waals surface area contributed by atoms with Gasteiger partial charge in [-0.3, -0.25) is 14.4 Å². The van der Waals surface area contributed by atoms with Crippen LogP contribution >= 0.6 is 0 Å². The van der Waals surface area contributed by atoms with E-state index in [-0.39, 0.29) is 37.5 Å². The van der Waals surface area contributed by atoms with Crippen LogP contribution in [0.5, 0.6) is 0 Å². The van der Waals surface area contributed by atoms with Crippen LogP contribution in [-0.2, 0) is 28.6 Å². The molecule has 1 unspecified atom stereocenters. The predicted octanol–water partition coefficient (Wildman–Crippen LogP) is 22.9. The van der Waals surface area contributed by atoms with Crippen molar-refractivity contribution >= 4 is 17.9 Å². The Hall–Kier alpha value is -3.15. The number of hydrogen-bond acceptors (Lipinski definition) is 6. The van der Waals surface area contributed by atoms with E-state index in [1.807, 2.05) is 6.08 Å². The summed E-state index contributed by atoms with van der Waals surface area (Å²) >= 11 is 0. The molecule has 0 saturated heterocycles. The molecule has 0 aromatic carbocycles. The minimum Gasteiger partial charge on any atom is -0.462 e. The van der Waals surface area contributed by atoms with Crippen molar-refractivity contribution in [1.29, 1.82) is 0 Å². The fourth-order valence-electron chi connectivity index (χ4n) is 9.68. The number of carbonyl (C=O) groups is 3. The predicted molar refractivity (Wildman–Crippen MR) is 335 cm³/mol. The van der Waals surface area contributed by atoms with Crippen molar-refractivity contribution in [3.8, 4) is 0 Å². The zero-order chi connectivity index (χ0) is 55.7. The second-order valence-corrected chi connectivity index (χ2v) is 22.3. The highest BCUT2D eigenvalue weighted by molar-refractivity contribution is 5.71. The average molecular weight is 1080 g/mol. The van der Waals surface area contributed by atoms with Gasteiger partial charge in [-0.05, 0) is 96.3 Å². The van der Waals surface area contributed by atoms with E-state index in [9.17, 15) is 14.4 Å². The Bertz CT molecular complexity index is 1420. The number of allylic oxidation sites excluding steroid dienone is 12. The molecule has 0 aliphatic heterocycles. The number of rotatable bonds is 61. The van der Waals surface area contributed by atoms with Crippen LogP contribution in [0, 0.1) is 0 Å². The van der Waals surface area contributed by atoms with E-state index >= 15 is 0 Å². The van der Waals surface area contributed by atoms with Crippen molar-refractivity contribution in [2.24, 2.45) is 0 Å². The van der Waals surface area contributed by atoms with E-state index in [0.717, 1.165) is 64.2 Å². The standard InChI is InChI=1S/C71H126O6/c1-4-7-10-13-16-19-22-25-27-29-31-33-35-37-39-41-43-46-49-52-55-58-61-64-70(73)76-67-68(66-75-69(72)63-60-57-54-51-48-45-24-21-18-15-12-9-6-3)77-71(74)65-62-59-56-53-50-47-44-42-40-38-36-34-32-30-28-26-23-20-17-14-11-8-5-2/h9,12,18,21,29-32,45,48,54,57,68H,4-8,10-11,13-17,19-20,22-28,33-44,46-47,49-53,55-56,58-67H2,1-3H3/b12-9-,21-18-,31-29-,32-30-,48-45-,57-54-. The highest BCUT2D eigenvalue weighted by atomic mass is 16.6. The molecule has 77 heavy (non-hydrogen) atoms. The summed E-state index contributed by atoms with van der Waals surface area (Å²) in [6.45, 7) is 6.50. The summed E-state index contributed by atoms with van der Waals surface area (Å²) in [5.74, 6) is -0.967. The quantitative estimate of drug-likeness (QED) is 0.0261. The van der Waals surface area contributed by atoms with E-state index in [1.165, 1.54) is 231 Å². The third kappa shape index (κ3) is 63.6. The fraction of sp³-hybridized carbons (Fsp3) is 0.789. The Morgan fingerprint density at radius 2 is 0.532 bits per heavy atom. The summed E-state index contributed by atoms with van der Waals surface area (Å²) in [5, 5.41) is 0. The molecule has 0 aromatic rings. The van der Waals surface area contributed by atoms with Gasteiger partial charge in [0, 0.05) is 19.3 Å². The van der Waals surface area contributed by atoms with Crippen molar-refractivity contribution in [1.82, 2.24) is 0 Å². The third-order valence-electron chi connectivity index (χ3n) is 14.7. The first kappa shape index (κ1) is 73.8. The van der Waals surface area contributed by atoms with Gasteiger partial charge < -0.3 is 14.2 Å². The Kier molecular flexibility index (Phi) is 62.7. The lowest BCUT2D eigenvalue weighted by atomic mass is 10.0. The lowest BCUT2D eigenvalue weighted by Gasteiger charge is -2.18. The summed E-state index contributed by atoms with van der Waals surface area (Å²) in [7, 11) is 0. The molecule has 6 nitrogen and oxygen atoms in total. The van der Waals surface area contributed by atoms with E-state index in [0.29, 0.717) is 19.3 Å². The van der Waals surface area contributed by atoms with E-state index in [2.05, 4.69) is 87.6 Å². The summed E-state index contributed by atoms with van der Waals surface area (Å²) in [6.07, 6.45) is 85.1. The largest absolute Gasteiger partial charge is 0.462 e. The topological polar surface area (TPSA) is 78.9 Å². The molecular formula is C71H126O6. The lowest BCUT2D eigenvalue weighted by Crippen LogP contribution is -2.30. The number of esters is 3. The molecule has 0 aliphatic carbocycles. The summed E-state index contributed by atoms with van der Waals surface area (Å²) in [6, 6.07) is 0. The van der Waals surface area contributed by atoms with Gasteiger partial charge in [-0.2, -0.15) is 0 Å². The van der Waals surface area contributed by atoms with Gasteiger partial charge >= 0.3 is 17.9 Å². The van der Waals surface area contributed by atoms with Gasteiger partial charge in [0.1, 0.15) is 13.2 Å². The van der Waals surface area contributed by atoms with Crippen molar-refractivity contribution in [2.75, 3.05) is 13.2 Å². The molecule has 0 aromatic heterocycles. The van der Waals surface area contributed by atoms with Crippen LogP contribution in [0.4, 0.5) is 0 Å². The minimum atomic E-state index is -0.806. The van der Waals surface area contributed by atoms with Crippen LogP contribution in [0.15, 0.2) is 72.9 Å². The van der Waals surface area contributed by atoms with Crippen LogP contribution in [-0.4, -0.2) is 37.2 Å². The normalized spacial score (nSPS) is 12.5.